The molecule has 0 radical (unpaired) electrons. The maximum Gasteiger partial charge on any atom is 0.341 e. The number of nitrogens with zero attached hydrogens (tertiary/aromatic N) is 2. The van der Waals surface area contributed by atoms with Crippen molar-refractivity contribution in [2.75, 3.05) is 0 Å². The zero-order chi connectivity index (χ0) is 20.1. The first kappa shape index (κ1) is 20.1. The molecule has 3 aromatic rings. The second-order valence-electron chi connectivity index (χ2n) is 5.99. The second kappa shape index (κ2) is 9.03. The fourth-order valence-electron chi connectivity index (χ4n) is 2.42. The van der Waals surface area contributed by atoms with Gasteiger partial charge in [0.2, 0.25) is 5.78 Å². The number of rotatable bonds is 7. The van der Waals surface area contributed by atoms with Gasteiger partial charge in [0.15, 0.2) is 6.10 Å². The summed E-state index contributed by atoms with van der Waals surface area (Å²) in [6.45, 7) is 3.35. The highest BCUT2D eigenvalue weighted by atomic mass is 35.5. The van der Waals surface area contributed by atoms with E-state index in [2.05, 4.69) is 10.1 Å². The van der Waals surface area contributed by atoms with Gasteiger partial charge in [-0.15, -0.1) is 0 Å². The minimum absolute atomic E-state index is 0.295. The van der Waals surface area contributed by atoms with Crippen LogP contribution in [0.25, 0.3) is 0 Å². The summed E-state index contributed by atoms with van der Waals surface area (Å²) in [7, 11) is 0. The first-order chi connectivity index (χ1) is 13.4. The highest BCUT2D eigenvalue weighted by Gasteiger charge is 2.22. The van der Waals surface area contributed by atoms with Crippen LogP contribution in [0.5, 0.6) is 0 Å². The summed E-state index contributed by atoms with van der Waals surface area (Å²) in [4.78, 5) is 29.3. The van der Waals surface area contributed by atoms with Crippen LogP contribution in [0.2, 0.25) is 5.02 Å². The number of halogens is 1. The number of esters is 1. The summed E-state index contributed by atoms with van der Waals surface area (Å²) in [5.74, 6) is 0.294. The van der Waals surface area contributed by atoms with Crippen molar-refractivity contribution < 1.29 is 18.8 Å². The van der Waals surface area contributed by atoms with Crippen molar-refractivity contribution in [3.63, 3.8) is 0 Å². The lowest BCUT2D eigenvalue weighted by Crippen LogP contribution is -2.24. The SMILES string of the molecule is Cc1cc(CSc2ncccc2C(=O)OC(C)C(=O)c2ccc(Cl)cc2)no1. The molecular formula is C20H17ClN2O4S. The second-order valence-corrected chi connectivity index (χ2v) is 7.39. The maximum absolute atomic E-state index is 12.6. The first-order valence-electron chi connectivity index (χ1n) is 8.45. The Hall–Kier alpha value is -2.64. The number of Topliss-reactive ketones (excluding diaryl/α,β-unsaturated/α-hetero) is 1. The van der Waals surface area contributed by atoms with Gasteiger partial charge in [-0.25, -0.2) is 9.78 Å². The van der Waals surface area contributed by atoms with Gasteiger partial charge >= 0.3 is 5.97 Å². The monoisotopic (exact) mass is 416 g/mol. The highest BCUT2D eigenvalue weighted by molar-refractivity contribution is 7.98. The van der Waals surface area contributed by atoms with Gasteiger partial charge in [-0.2, -0.15) is 0 Å². The van der Waals surface area contributed by atoms with Crippen LogP contribution in [0, 0.1) is 6.92 Å². The number of benzene rings is 1. The standard InChI is InChI=1S/C20H17ClN2O4S/c1-12-10-16(23-27-12)11-28-19-17(4-3-9-22-19)20(25)26-13(2)18(24)14-5-7-15(21)8-6-14/h3-10,13H,11H2,1-2H3. The van der Waals surface area contributed by atoms with Crippen LogP contribution < -0.4 is 0 Å². The van der Waals surface area contributed by atoms with Gasteiger partial charge in [0, 0.05) is 28.6 Å². The summed E-state index contributed by atoms with van der Waals surface area (Å²) in [5.41, 5.74) is 1.47. The van der Waals surface area contributed by atoms with Crippen LogP contribution in [0.1, 0.15) is 39.1 Å². The lowest BCUT2D eigenvalue weighted by Gasteiger charge is -2.13. The molecule has 0 N–H and O–H groups in total. The zero-order valence-corrected chi connectivity index (χ0v) is 16.8. The molecule has 144 valence electrons. The Morgan fingerprint density at radius 2 is 2.00 bits per heavy atom. The Labute approximate surface area is 171 Å². The molecule has 0 aliphatic carbocycles. The number of aryl methyl sites for hydroxylation is 1. The smallest absolute Gasteiger partial charge is 0.341 e. The number of ketones is 1. The number of ether oxygens (including phenoxy) is 1. The molecule has 0 aliphatic heterocycles. The van der Waals surface area contributed by atoms with E-state index in [1.165, 1.54) is 18.7 Å². The van der Waals surface area contributed by atoms with E-state index in [9.17, 15) is 9.59 Å². The van der Waals surface area contributed by atoms with Gasteiger partial charge in [0.25, 0.3) is 0 Å². The van der Waals surface area contributed by atoms with Gasteiger partial charge in [0.1, 0.15) is 10.8 Å². The summed E-state index contributed by atoms with van der Waals surface area (Å²) < 4.78 is 10.4. The lowest BCUT2D eigenvalue weighted by atomic mass is 10.1. The van der Waals surface area contributed by atoms with Crippen LogP contribution >= 0.6 is 23.4 Å². The van der Waals surface area contributed by atoms with Gasteiger partial charge in [0.05, 0.1) is 11.3 Å². The normalized spacial score (nSPS) is 11.8. The molecule has 6 nitrogen and oxygen atoms in total. The number of carbonyl (C=O) groups excluding carboxylic acids is 2. The van der Waals surface area contributed by atoms with E-state index in [-0.39, 0.29) is 5.78 Å². The number of hydrogen-bond donors (Lipinski definition) is 0. The van der Waals surface area contributed by atoms with Crippen LogP contribution in [0.15, 0.2) is 58.2 Å². The van der Waals surface area contributed by atoms with Crippen molar-refractivity contribution in [1.82, 2.24) is 10.1 Å². The van der Waals surface area contributed by atoms with E-state index in [1.807, 2.05) is 13.0 Å². The van der Waals surface area contributed by atoms with Crippen molar-refractivity contribution in [1.29, 1.82) is 0 Å². The largest absolute Gasteiger partial charge is 0.451 e. The Bertz CT molecular complexity index is 988. The Morgan fingerprint density at radius 3 is 2.68 bits per heavy atom. The minimum atomic E-state index is -0.940. The van der Waals surface area contributed by atoms with E-state index in [0.29, 0.717) is 32.7 Å². The summed E-state index contributed by atoms with van der Waals surface area (Å²) in [5, 5.41) is 4.95. The predicted octanol–water partition coefficient (Wildman–Crippen LogP) is 4.75. The molecule has 2 aromatic heterocycles. The molecule has 2 heterocycles. The quantitative estimate of drug-likeness (QED) is 0.312. The van der Waals surface area contributed by atoms with Gasteiger partial charge in [-0.1, -0.05) is 28.5 Å². The summed E-state index contributed by atoms with van der Waals surface area (Å²) in [6, 6.07) is 11.5. The highest BCUT2D eigenvalue weighted by Crippen LogP contribution is 2.25. The molecule has 1 atom stereocenters. The Morgan fingerprint density at radius 1 is 1.25 bits per heavy atom. The molecule has 8 heteroatoms. The lowest BCUT2D eigenvalue weighted by molar-refractivity contribution is 0.0314. The molecule has 0 amide bonds. The van der Waals surface area contributed by atoms with Crippen LogP contribution in [-0.4, -0.2) is 28.0 Å². The molecule has 0 saturated heterocycles. The van der Waals surface area contributed by atoms with E-state index >= 15 is 0 Å². The van der Waals surface area contributed by atoms with Crippen LogP contribution in [-0.2, 0) is 10.5 Å². The number of pyridine rings is 1. The van der Waals surface area contributed by atoms with Crippen molar-refractivity contribution >= 4 is 35.1 Å². The molecule has 1 unspecified atom stereocenters. The number of carbonyl (C=O) groups is 2. The maximum atomic E-state index is 12.6. The topological polar surface area (TPSA) is 82.3 Å². The molecule has 3 rings (SSSR count). The zero-order valence-electron chi connectivity index (χ0n) is 15.2. The fraction of sp³-hybridized carbons (Fsp3) is 0.200. The molecular weight excluding hydrogens is 400 g/mol. The van der Waals surface area contributed by atoms with Crippen molar-refractivity contribution in [2.45, 2.75) is 30.7 Å². The van der Waals surface area contributed by atoms with Crippen molar-refractivity contribution in [2.24, 2.45) is 0 Å². The molecule has 28 heavy (non-hydrogen) atoms. The third-order valence-electron chi connectivity index (χ3n) is 3.81. The Balaban J connectivity index is 1.68. The fourth-order valence-corrected chi connectivity index (χ4v) is 3.40. The van der Waals surface area contributed by atoms with Crippen LogP contribution in [0.3, 0.4) is 0 Å². The van der Waals surface area contributed by atoms with Crippen molar-refractivity contribution in [3.05, 3.63) is 76.3 Å². The summed E-state index contributed by atoms with van der Waals surface area (Å²) >= 11 is 7.18. The number of aromatic nitrogens is 2. The molecule has 0 bridgehead atoms. The summed E-state index contributed by atoms with van der Waals surface area (Å²) in [6.07, 6.45) is 0.653. The molecule has 0 aliphatic rings. The van der Waals surface area contributed by atoms with E-state index in [1.54, 1.807) is 42.6 Å². The molecule has 1 aromatic carbocycles. The molecule has 0 saturated carbocycles. The average Bonchev–Trinajstić information content (AvgIpc) is 3.11. The predicted molar refractivity (Wildman–Crippen MR) is 106 cm³/mol. The van der Waals surface area contributed by atoms with Gasteiger partial charge in [-0.3, -0.25) is 4.79 Å². The van der Waals surface area contributed by atoms with E-state index in [0.717, 1.165) is 5.69 Å². The third kappa shape index (κ3) is 4.99. The van der Waals surface area contributed by atoms with Crippen molar-refractivity contribution in [3.8, 4) is 0 Å². The number of thioether (sulfide) groups is 1. The minimum Gasteiger partial charge on any atom is -0.451 e. The first-order valence-corrected chi connectivity index (χ1v) is 9.81. The van der Waals surface area contributed by atoms with E-state index < -0.39 is 12.1 Å². The van der Waals surface area contributed by atoms with Gasteiger partial charge in [-0.05, 0) is 50.2 Å². The third-order valence-corrected chi connectivity index (χ3v) is 5.10. The molecule has 0 fully saturated rings. The number of hydrogen-bond acceptors (Lipinski definition) is 7. The van der Waals surface area contributed by atoms with Gasteiger partial charge < -0.3 is 9.26 Å². The average molecular weight is 417 g/mol. The Kier molecular flexibility index (Phi) is 6.49. The van der Waals surface area contributed by atoms with E-state index in [4.69, 9.17) is 20.9 Å². The molecule has 0 spiro atoms. The van der Waals surface area contributed by atoms with Crippen LogP contribution in [0.4, 0.5) is 0 Å².